The summed E-state index contributed by atoms with van der Waals surface area (Å²) in [4.78, 5) is 22.8. The Morgan fingerprint density at radius 2 is 2.06 bits per heavy atom. The largest absolute Gasteiger partial charge is 0.459 e. The number of furan rings is 1. The molecule has 0 atom stereocenters. The van der Waals surface area contributed by atoms with Crippen molar-refractivity contribution in [2.45, 2.75) is 0 Å². The Labute approximate surface area is 108 Å². The Morgan fingerprint density at radius 3 is 2.67 bits per heavy atom. The highest BCUT2D eigenvalue weighted by molar-refractivity contribution is 6.34. The van der Waals surface area contributed by atoms with Crippen LogP contribution in [0.15, 0.2) is 41.0 Å². The van der Waals surface area contributed by atoms with E-state index in [0.717, 1.165) is 0 Å². The lowest BCUT2D eigenvalue weighted by Gasteiger charge is -2.06. The van der Waals surface area contributed by atoms with Crippen molar-refractivity contribution in [3.8, 4) is 0 Å². The molecule has 0 saturated heterocycles. The van der Waals surface area contributed by atoms with Crippen LogP contribution in [0, 0.1) is 0 Å². The average Bonchev–Trinajstić information content (AvgIpc) is 2.85. The quantitative estimate of drug-likeness (QED) is 0.892. The molecule has 92 valence electrons. The fourth-order valence-corrected chi connectivity index (χ4v) is 1.60. The van der Waals surface area contributed by atoms with Gasteiger partial charge < -0.3 is 15.5 Å². The van der Waals surface area contributed by atoms with Crippen LogP contribution in [0.5, 0.6) is 0 Å². The molecule has 0 fully saturated rings. The summed E-state index contributed by atoms with van der Waals surface area (Å²) in [6.45, 7) is 0. The molecule has 0 radical (unpaired) electrons. The first-order valence-electron chi connectivity index (χ1n) is 5.02. The minimum atomic E-state index is -0.658. The molecule has 1 aromatic carbocycles. The summed E-state index contributed by atoms with van der Waals surface area (Å²) >= 11 is 5.80. The Kier molecular flexibility index (Phi) is 3.34. The number of benzene rings is 1. The zero-order valence-corrected chi connectivity index (χ0v) is 9.90. The molecule has 2 aromatic rings. The molecule has 1 heterocycles. The Bertz CT molecular complexity index is 593. The molecule has 6 heteroatoms. The van der Waals surface area contributed by atoms with Crippen molar-refractivity contribution in [1.29, 1.82) is 0 Å². The maximum Gasteiger partial charge on any atom is 0.291 e. The summed E-state index contributed by atoms with van der Waals surface area (Å²) in [6, 6.07) is 7.59. The van der Waals surface area contributed by atoms with Crippen molar-refractivity contribution in [1.82, 2.24) is 0 Å². The van der Waals surface area contributed by atoms with Crippen LogP contribution in [-0.4, -0.2) is 11.8 Å². The zero-order chi connectivity index (χ0) is 13.1. The number of nitrogens with one attached hydrogen (secondary N) is 1. The molecular weight excluding hydrogens is 256 g/mol. The highest BCUT2D eigenvalue weighted by Gasteiger charge is 2.11. The van der Waals surface area contributed by atoms with Crippen LogP contribution in [0.1, 0.15) is 20.9 Å². The van der Waals surface area contributed by atoms with E-state index >= 15 is 0 Å². The van der Waals surface area contributed by atoms with Crippen molar-refractivity contribution in [3.05, 3.63) is 52.9 Å². The summed E-state index contributed by atoms with van der Waals surface area (Å²) in [6.07, 6.45) is 1.39. The molecule has 18 heavy (non-hydrogen) atoms. The molecule has 0 bridgehead atoms. The van der Waals surface area contributed by atoms with Crippen molar-refractivity contribution in [3.63, 3.8) is 0 Å². The van der Waals surface area contributed by atoms with E-state index < -0.39 is 11.8 Å². The maximum absolute atomic E-state index is 11.7. The van der Waals surface area contributed by atoms with Gasteiger partial charge in [0.05, 0.1) is 16.8 Å². The normalized spacial score (nSPS) is 10.1. The van der Waals surface area contributed by atoms with Crippen LogP contribution >= 0.6 is 11.6 Å². The van der Waals surface area contributed by atoms with Crippen LogP contribution in [-0.2, 0) is 0 Å². The van der Waals surface area contributed by atoms with Crippen LogP contribution < -0.4 is 11.1 Å². The van der Waals surface area contributed by atoms with E-state index in [0.29, 0.717) is 5.69 Å². The number of hydrogen-bond donors (Lipinski definition) is 2. The fourth-order valence-electron chi connectivity index (χ4n) is 1.39. The first-order valence-corrected chi connectivity index (χ1v) is 5.40. The number of carbonyl (C=O) groups excluding carboxylic acids is 2. The summed E-state index contributed by atoms with van der Waals surface area (Å²) in [5, 5.41) is 2.80. The lowest BCUT2D eigenvalue weighted by Crippen LogP contribution is -2.14. The second-order valence-corrected chi connectivity index (χ2v) is 3.90. The Hall–Kier alpha value is -2.27. The van der Waals surface area contributed by atoms with Crippen LogP contribution in [0.2, 0.25) is 5.02 Å². The van der Waals surface area contributed by atoms with E-state index in [2.05, 4.69) is 5.32 Å². The number of hydrogen-bond acceptors (Lipinski definition) is 3. The summed E-state index contributed by atoms with van der Waals surface area (Å²) in [5.41, 5.74) is 5.71. The summed E-state index contributed by atoms with van der Waals surface area (Å²) in [7, 11) is 0. The minimum Gasteiger partial charge on any atom is -0.459 e. The maximum atomic E-state index is 11.7. The van der Waals surface area contributed by atoms with Gasteiger partial charge in [-0.05, 0) is 30.3 Å². The smallest absolute Gasteiger partial charge is 0.291 e. The number of nitrogens with two attached hydrogens (primary N) is 1. The van der Waals surface area contributed by atoms with Gasteiger partial charge in [0.1, 0.15) is 0 Å². The number of halogens is 1. The van der Waals surface area contributed by atoms with E-state index in [1.807, 2.05) is 0 Å². The van der Waals surface area contributed by atoms with Gasteiger partial charge in [0.2, 0.25) is 5.91 Å². The average molecular weight is 265 g/mol. The van der Waals surface area contributed by atoms with Gasteiger partial charge >= 0.3 is 0 Å². The van der Waals surface area contributed by atoms with Gasteiger partial charge in [-0.2, -0.15) is 0 Å². The number of rotatable bonds is 3. The number of anilines is 1. The number of amides is 2. The summed E-state index contributed by atoms with van der Waals surface area (Å²) in [5.74, 6) is -0.905. The Balaban J connectivity index is 2.22. The highest BCUT2D eigenvalue weighted by atomic mass is 35.5. The molecule has 1 aromatic heterocycles. The first kappa shape index (κ1) is 12.2. The molecule has 0 unspecified atom stereocenters. The lowest BCUT2D eigenvalue weighted by atomic mass is 10.2. The highest BCUT2D eigenvalue weighted by Crippen LogP contribution is 2.20. The fraction of sp³-hybridized carbons (Fsp3) is 0. The standard InChI is InChI=1S/C12H9ClN2O3/c13-9-4-3-7(6-8(9)11(14)16)15-12(17)10-2-1-5-18-10/h1-6H,(H2,14,16)(H,15,17). The molecule has 5 nitrogen and oxygen atoms in total. The monoisotopic (exact) mass is 264 g/mol. The van der Waals surface area contributed by atoms with Crippen molar-refractivity contribution < 1.29 is 14.0 Å². The third kappa shape index (κ3) is 2.52. The predicted molar refractivity (Wildman–Crippen MR) is 66.6 cm³/mol. The molecule has 2 rings (SSSR count). The summed E-state index contributed by atoms with van der Waals surface area (Å²) < 4.78 is 4.94. The molecule has 3 N–H and O–H groups in total. The predicted octanol–water partition coefficient (Wildman–Crippen LogP) is 2.28. The number of primary amides is 1. The lowest BCUT2D eigenvalue weighted by molar-refractivity contribution is 0.0988. The van der Waals surface area contributed by atoms with Gasteiger partial charge in [0.15, 0.2) is 5.76 Å². The van der Waals surface area contributed by atoms with Gasteiger partial charge in [-0.15, -0.1) is 0 Å². The molecule has 2 amide bonds. The van der Waals surface area contributed by atoms with Gasteiger partial charge in [0.25, 0.3) is 5.91 Å². The van der Waals surface area contributed by atoms with Gasteiger partial charge in [-0.3, -0.25) is 9.59 Å². The van der Waals surface area contributed by atoms with E-state index in [1.54, 1.807) is 12.1 Å². The third-order valence-electron chi connectivity index (χ3n) is 2.23. The van der Waals surface area contributed by atoms with Crippen molar-refractivity contribution >= 4 is 29.1 Å². The van der Waals surface area contributed by atoms with Crippen LogP contribution in [0.4, 0.5) is 5.69 Å². The molecule has 0 aliphatic carbocycles. The molecule has 0 aliphatic rings. The molecular formula is C12H9ClN2O3. The Morgan fingerprint density at radius 1 is 1.28 bits per heavy atom. The SMILES string of the molecule is NC(=O)c1cc(NC(=O)c2ccco2)ccc1Cl. The van der Waals surface area contributed by atoms with E-state index in [-0.39, 0.29) is 16.3 Å². The van der Waals surface area contributed by atoms with E-state index in [4.69, 9.17) is 21.8 Å². The van der Waals surface area contributed by atoms with Crippen molar-refractivity contribution in [2.75, 3.05) is 5.32 Å². The van der Waals surface area contributed by atoms with Gasteiger partial charge in [-0.1, -0.05) is 11.6 Å². The van der Waals surface area contributed by atoms with Crippen LogP contribution in [0.3, 0.4) is 0 Å². The number of carbonyl (C=O) groups is 2. The van der Waals surface area contributed by atoms with E-state index in [1.165, 1.54) is 24.5 Å². The second kappa shape index (κ2) is 4.93. The van der Waals surface area contributed by atoms with Crippen molar-refractivity contribution in [2.24, 2.45) is 5.73 Å². The molecule has 0 spiro atoms. The topological polar surface area (TPSA) is 85.3 Å². The third-order valence-corrected chi connectivity index (χ3v) is 2.56. The minimum absolute atomic E-state index is 0.147. The van der Waals surface area contributed by atoms with Gasteiger partial charge in [-0.25, -0.2) is 0 Å². The van der Waals surface area contributed by atoms with E-state index in [9.17, 15) is 9.59 Å². The van der Waals surface area contributed by atoms with Crippen LogP contribution in [0.25, 0.3) is 0 Å². The van der Waals surface area contributed by atoms with Gasteiger partial charge in [0, 0.05) is 5.69 Å². The molecule has 0 saturated carbocycles. The molecule has 0 aliphatic heterocycles. The zero-order valence-electron chi connectivity index (χ0n) is 9.14. The second-order valence-electron chi connectivity index (χ2n) is 3.49. The first-order chi connectivity index (χ1) is 8.58.